The van der Waals surface area contributed by atoms with Gasteiger partial charge in [-0.25, -0.2) is 0 Å². The monoisotopic (exact) mass is 381 g/mol. The summed E-state index contributed by atoms with van der Waals surface area (Å²) in [5.41, 5.74) is 0.805. The van der Waals surface area contributed by atoms with E-state index < -0.39 is 28.1 Å². The Morgan fingerprint density at radius 2 is 1.76 bits per heavy atom. The largest absolute Gasteiger partial charge is 0.393 e. The van der Waals surface area contributed by atoms with Crippen molar-refractivity contribution in [2.45, 2.75) is 31.5 Å². The van der Waals surface area contributed by atoms with E-state index in [1.807, 2.05) is 0 Å². The third-order valence-electron chi connectivity index (χ3n) is 2.71. The molecule has 0 aromatic heterocycles. The number of aryl methyl sites for hydroxylation is 1. The van der Waals surface area contributed by atoms with E-state index in [0.717, 1.165) is 5.56 Å². The van der Waals surface area contributed by atoms with Crippen molar-refractivity contribution in [2.24, 2.45) is 0 Å². The van der Waals surface area contributed by atoms with E-state index in [2.05, 4.69) is 0 Å². The van der Waals surface area contributed by atoms with Gasteiger partial charge in [0.1, 0.15) is 5.75 Å². The minimum Gasteiger partial charge on any atom is -0.393 e. The van der Waals surface area contributed by atoms with E-state index in [1.165, 1.54) is 0 Å². The van der Waals surface area contributed by atoms with Crippen LogP contribution in [0.3, 0.4) is 0 Å². The van der Waals surface area contributed by atoms with Gasteiger partial charge in [-0.15, -0.1) is 0 Å². The first-order valence-corrected chi connectivity index (χ1v) is 8.29. The molecule has 1 rings (SSSR count). The molecular formula is C12H16Cl2KO5S. The van der Waals surface area contributed by atoms with Crippen LogP contribution in [0.5, 0.6) is 0 Å². The summed E-state index contributed by atoms with van der Waals surface area (Å²) in [6.45, 7) is 0. The Kier molecular flexibility index (Phi) is 10.8. The topological polar surface area (TPSA) is 94.8 Å². The van der Waals surface area contributed by atoms with Crippen LogP contribution in [0.1, 0.15) is 18.4 Å². The predicted molar refractivity (Wildman–Crippen MR) is 83.6 cm³/mol. The molecule has 0 unspecified atom stereocenters. The molecule has 0 aliphatic heterocycles. The van der Waals surface area contributed by atoms with Crippen molar-refractivity contribution in [3.8, 4) is 0 Å². The van der Waals surface area contributed by atoms with Crippen LogP contribution in [0.25, 0.3) is 0 Å². The standard InChI is InChI=1S/C12H16Cl2O5S.K/c13-9-3-1-8(12(14)5-9)2-4-10(15)6-11(16)7-20(17,18)19;/h1,3,5,10-11,15-16H,2,4,6-7H2,(H,17,18,19);/t10-,11-;/m1./s1. The summed E-state index contributed by atoms with van der Waals surface area (Å²) in [6, 6.07) is 5.02. The summed E-state index contributed by atoms with van der Waals surface area (Å²) in [5.74, 6) is -0.786. The zero-order chi connectivity index (χ0) is 15.3. The third kappa shape index (κ3) is 9.88. The second-order valence-corrected chi connectivity index (χ2v) is 6.91. The van der Waals surface area contributed by atoms with Crippen LogP contribution in [0.15, 0.2) is 18.2 Å². The minimum atomic E-state index is -4.24. The van der Waals surface area contributed by atoms with E-state index in [9.17, 15) is 18.6 Å². The molecule has 0 fully saturated rings. The summed E-state index contributed by atoms with van der Waals surface area (Å²) in [7, 11) is -4.24. The van der Waals surface area contributed by atoms with Gasteiger partial charge < -0.3 is 10.2 Å². The first kappa shape index (κ1) is 22.3. The normalized spacial score (nSPS) is 14.3. The average Bonchev–Trinajstić information content (AvgIpc) is 2.24. The van der Waals surface area contributed by atoms with Crippen molar-refractivity contribution in [3.63, 3.8) is 0 Å². The molecule has 0 amide bonds. The molecule has 0 saturated heterocycles. The summed E-state index contributed by atoms with van der Waals surface area (Å²) in [5, 5.41) is 20.1. The minimum absolute atomic E-state index is 0. The van der Waals surface area contributed by atoms with Gasteiger partial charge in [0.05, 0.1) is 12.2 Å². The van der Waals surface area contributed by atoms with Crippen molar-refractivity contribution in [2.75, 3.05) is 5.75 Å². The number of halogens is 2. The molecular weight excluding hydrogens is 366 g/mol. The number of benzene rings is 1. The van der Waals surface area contributed by atoms with Crippen molar-refractivity contribution in [3.05, 3.63) is 33.8 Å². The number of aliphatic hydroxyl groups is 2. The smallest absolute Gasteiger partial charge is 0.267 e. The van der Waals surface area contributed by atoms with Crippen molar-refractivity contribution < 1.29 is 23.2 Å². The maximum atomic E-state index is 10.6. The van der Waals surface area contributed by atoms with Crippen LogP contribution in [0.2, 0.25) is 10.0 Å². The summed E-state index contributed by atoms with van der Waals surface area (Å²) in [6.07, 6.45) is -1.55. The molecule has 1 aromatic carbocycles. The molecule has 1 aromatic rings. The van der Waals surface area contributed by atoms with E-state index in [0.29, 0.717) is 22.9 Å². The quantitative estimate of drug-likeness (QED) is 0.491. The number of hydrogen-bond donors (Lipinski definition) is 3. The van der Waals surface area contributed by atoms with E-state index in [4.69, 9.17) is 27.8 Å². The van der Waals surface area contributed by atoms with Crippen molar-refractivity contribution in [1.29, 1.82) is 0 Å². The number of aliphatic hydroxyl groups excluding tert-OH is 2. The molecule has 21 heavy (non-hydrogen) atoms. The second kappa shape index (κ2) is 10.2. The van der Waals surface area contributed by atoms with Crippen LogP contribution in [0.4, 0.5) is 0 Å². The average molecular weight is 382 g/mol. The SMILES string of the molecule is O=S(=O)(O)C[C@H](O)C[C@H](O)CCc1ccc(Cl)cc1Cl.[K]. The van der Waals surface area contributed by atoms with Gasteiger partial charge in [0.25, 0.3) is 10.1 Å². The zero-order valence-corrected chi connectivity index (χ0v) is 17.0. The van der Waals surface area contributed by atoms with Crippen molar-refractivity contribution >= 4 is 84.7 Å². The van der Waals surface area contributed by atoms with Gasteiger partial charge in [0.2, 0.25) is 0 Å². The number of rotatable bonds is 7. The molecule has 5 nitrogen and oxygen atoms in total. The fourth-order valence-corrected chi connectivity index (χ4v) is 2.91. The van der Waals surface area contributed by atoms with E-state index in [1.54, 1.807) is 18.2 Å². The maximum Gasteiger partial charge on any atom is 0.267 e. The molecule has 3 N–H and O–H groups in total. The number of hydrogen-bond acceptors (Lipinski definition) is 4. The van der Waals surface area contributed by atoms with Crippen LogP contribution in [0, 0.1) is 0 Å². The van der Waals surface area contributed by atoms with Gasteiger partial charge in [0, 0.05) is 67.9 Å². The Labute approximate surface area is 176 Å². The Hall–Kier alpha value is 1.27. The first-order chi connectivity index (χ1) is 9.17. The Bertz CT molecular complexity index is 553. The van der Waals surface area contributed by atoms with Gasteiger partial charge in [-0.3, -0.25) is 4.55 Å². The fraction of sp³-hybridized carbons (Fsp3) is 0.500. The van der Waals surface area contributed by atoms with E-state index in [-0.39, 0.29) is 57.8 Å². The van der Waals surface area contributed by atoms with Crippen LogP contribution < -0.4 is 0 Å². The molecule has 115 valence electrons. The summed E-state index contributed by atoms with van der Waals surface area (Å²) >= 11 is 11.7. The Morgan fingerprint density at radius 1 is 1.14 bits per heavy atom. The van der Waals surface area contributed by atoms with Gasteiger partial charge in [-0.1, -0.05) is 29.3 Å². The molecule has 9 heteroatoms. The third-order valence-corrected chi connectivity index (χ3v) is 4.10. The van der Waals surface area contributed by atoms with E-state index >= 15 is 0 Å². The maximum absolute atomic E-state index is 10.6. The van der Waals surface area contributed by atoms with Gasteiger partial charge in [0.15, 0.2) is 0 Å². The molecule has 0 aliphatic rings. The van der Waals surface area contributed by atoms with Gasteiger partial charge in [-0.2, -0.15) is 8.42 Å². The molecule has 1 radical (unpaired) electrons. The van der Waals surface area contributed by atoms with Crippen LogP contribution >= 0.6 is 23.2 Å². The molecule has 0 heterocycles. The first-order valence-electron chi connectivity index (χ1n) is 5.92. The summed E-state index contributed by atoms with van der Waals surface area (Å²) in [4.78, 5) is 0. The van der Waals surface area contributed by atoms with Gasteiger partial charge >= 0.3 is 0 Å². The summed E-state index contributed by atoms with van der Waals surface area (Å²) < 4.78 is 29.7. The van der Waals surface area contributed by atoms with Crippen molar-refractivity contribution in [1.82, 2.24) is 0 Å². The second-order valence-electron chi connectivity index (χ2n) is 4.57. The molecule has 2 atom stereocenters. The molecule has 0 spiro atoms. The fourth-order valence-electron chi connectivity index (χ4n) is 1.79. The Balaban J connectivity index is 0.00000400. The zero-order valence-electron chi connectivity index (χ0n) is 11.5. The Morgan fingerprint density at radius 3 is 2.29 bits per heavy atom. The van der Waals surface area contributed by atoms with Crippen LogP contribution in [-0.4, -0.2) is 92.5 Å². The van der Waals surface area contributed by atoms with Crippen LogP contribution in [-0.2, 0) is 16.5 Å². The molecule has 0 saturated carbocycles. The molecule has 0 aliphatic carbocycles. The molecule has 0 bridgehead atoms. The van der Waals surface area contributed by atoms with Gasteiger partial charge in [-0.05, 0) is 30.5 Å². The predicted octanol–water partition coefficient (Wildman–Crippen LogP) is 1.54.